The fraction of sp³-hybridized carbons (Fsp3) is 0.278. The van der Waals surface area contributed by atoms with Gasteiger partial charge in [0.1, 0.15) is 5.82 Å². The van der Waals surface area contributed by atoms with Crippen LogP contribution in [0.5, 0.6) is 0 Å². The van der Waals surface area contributed by atoms with Gasteiger partial charge in [-0.25, -0.2) is 4.98 Å². The molecule has 1 atom stereocenters. The predicted molar refractivity (Wildman–Crippen MR) is 106 cm³/mol. The molecule has 0 radical (unpaired) electrons. The second-order valence-corrected chi connectivity index (χ2v) is 7.91. The second kappa shape index (κ2) is 8.17. The van der Waals surface area contributed by atoms with E-state index in [2.05, 4.69) is 34.7 Å². The van der Waals surface area contributed by atoms with Crippen LogP contribution >= 0.6 is 34.5 Å². The highest BCUT2D eigenvalue weighted by molar-refractivity contribution is 7.20. The first-order valence-electron chi connectivity index (χ1n) is 7.91. The van der Waals surface area contributed by atoms with Gasteiger partial charge in [0.15, 0.2) is 0 Å². The zero-order chi connectivity index (χ0) is 16.9. The van der Waals surface area contributed by atoms with E-state index in [1.165, 1.54) is 11.3 Å². The number of nitrogens with one attached hydrogen (secondary N) is 2. The molecule has 1 aromatic carbocycles. The molecule has 0 saturated heterocycles. The maximum Gasteiger partial charge on any atom is 0.126 e. The van der Waals surface area contributed by atoms with Gasteiger partial charge in [-0.15, -0.1) is 11.3 Å². The van der Waals surface area contributed by atoms with Crippen molar-refractivity contribution < 1.29 is 0 Å². The van der Waals surface area contributed by atoms with Gasteiger partial charge in [-0.3, -0.25) is 0 Å². The predicted octanol–water partition coefficient (Wildman–Crippen LogP) is 5.76. The Labute approximate surface area is 156 Å². The summed E-state index contributed by atoms with van der Waals surface area (Å²) < 4.78 is 1.49. The Morgan fingerprint density at radius 3 is 2.75 bits per heavy atom. The summed E-state index contributed by atoms with van der Waals surface area (Å²) in [7, 11) is 0. The van der Waals surface area contributed by atoms with Crippen molar-refractivity contribution in [3.8, 4) is 0 Å². The highest BCUT2D eigenvalue weighted by Crippen LogP contribution is 2.34. The number of rotatable bonds is 7. The van der Waals surface area contributed by atoms with E-state index < -0.39 is 0 Å². The van der Waals surface area contributed by atoms with Gasteiger partial charge in [-0.1, -0.05) is 41.4 Å². The first-order chi connectivity index (χ1) is 11.6. The number of aromatic nitrogens is 1. The lowest BCUT2D eigenvalue weighted by atomic mass is 10.2. The number of nitrogens with zero attached hydrogens (tertiary/aromatic N) is 1. The summed E-state index contributed by atoms with van der Waals surface area (Å²) in [6, 6.07) is 14.4. The Kier molecular flexibility index (Phi) is 5.95. The molecular weight excluding hydrogens is 361 g/mol. The topological polar surface area (TPSA) is 37.0 Å². The normalized spacial score (nSPS) is 12.5. The second-order valence-electron chi connectivity index (χ2n) is 5.62. The molecule has 3 aromatic rings. The van der Waals surface area contributed by atoms with E-state index in [1.54, 1.807) is 0 Å². The molecule has 0 spiro atoms. The van der Waals surface area contributed by atoms with Crippen LogP contribution in [0.2, 0.25) is 8.67 Å². The van der Waals surface area contributed by atoms with Crippen molar-refractivity contribution in [2.45, 2.75) is 19.4 Å². The van der Waals surface area contributed by atoms with Gasteiger partial charge in [0.2, 0.25) is 0 Å². The van der Waals surface area contributed by atoms with Crippen LogP contribution in [0.4, 0.5) is 5.82 Å². The van der Waals surface area contributed by atoms with Crippen LogP contribution in [0, 0.1) is 0 Å². The number of benzene rings is 1. The van der Waals surface area contributed by atoms with Crippen LogP contribution in [-0.2, 0) is 0 Å². The van der Waals surface area contributed by atoms with E-state index in [9.17, 15) is 0 Å². The van der Waals surface area contributed by atoms with Gasteiger partial charge in [-0.2, -0.15) is 0 Å². The van der Waals surface area contributed by atoms with Crippen molar-refractivity contribution in [3.63, 3.8) is 0 Å². The van der Waals surface area contributed by atoms with Crippen molar-refractivity contribution >= 4 is 51.3 Å². The summed E-state index contributed by atoms with van der Waals surface area (Å²) in [5, 5.41) is 8.00. The molecule has 24 heavy (non-hydrogen) atoms. The molecule has 0 aliphatic rings. The molecule has 2 N–H and O–H groups in total. The Bertz CT molecular complexity index is 819. The van der Waals surface area contributed by atoms with E-state index in [-0.39, 0.29) is 6.04 Å². The first kappa shape index (κ1) is 17.5. The fourth-order valence-electron chi connectivity index (χ4n) is 2.55. The minimum atomic E-state index is 0.194. The summed E-state index contributed by atoms with van der Waals surface area (Å²) >= 11 is 13.6. The number of hydrogen-bond donors (Lipinski definition) is 2. The standard InChI is InChI=1S/C18H19Cl2N3S/c1-12(14-11-16(19)24-18(14)20)21-9-4-10-22-17-8-7-13-5-2-3-6-15(13)23-17/h2-3,5-8,11-12,21H,4,9-10H2,1H3,(H,22,23). The lowest BCUT2D eigenvalue weighted by molar-refractivity contribution is 0.566. The molecule has 6 heteroatoms. The zero-order valence-electron chi connectivity index (χ0n) is 13.4. The maximum atomic E-state index is 6.18. The van der Waals surface area contributed by atoms with Gasteiger partial charge in [0.25, 0.3) is 0 Å². The number of para-hydroxylation sites is 1. The SMILES string of the molecule is CC(NCCCNc1ccc2ccccc2n1)c1cc(Cl)sc1Cl. The van der Waals surface area contributed by atoms with Gasteiger partial charge < -0.3 is 10.6 Å². The summed E-state index contributed by atoms with van der Waals surface area (Å²) in [5.74, 6) is 0.911. The van der Waals surface area contributed by atoms with E-state index in [1.807, 2.05) is 30.3 Å². The lowest BCUT2D eigenvalue weighted by Gasteiger charge is -2.13. The summed E-state index contributed by atoms with van der Waals surface area (Å²) in [5.41, 5.74) is 2.08. The van der Waals surface area contributed by atoms with Crippen LogP contribution < -0.4 is 10.6 Å². The minimum Gasteiger partial charge on any atom is -0.370 e. The van der Waals surface area contributed by atoms with Gasteiger partial charge in [0.05, 0.1) is 14.2 Å². The molecule has 1 unspecified atom stereocenters. The smallest absolute Gasteiger partial charge is 0.126 e. The van der Waals surface area contributed by atoms with Crippen LogP contribution in [-0.4, -0.2) is 18.1 Å². The van der Waals surface area contributed by atoms with Gasteiger partial charge in [0, 0.05) is 18.0 Å². The quantitative estimate of drug-likeness (QED) is 0.512. The van der Waals surface area contributed by atoms with Crippen molar-refractivity contribution in [2.75, 3.05) is 18.4 Å². The molecule has 0 amide bonds. The Hall–Kier alpha value is -1.33. The highest BCUT2D eigenvalue weighted by atomic mass is 35.5. The summed E-state index contributed by atoms with van der Waals surface area (Å²) in [6.07, 6.45) is 0.994. The first-order valence-corrected chi connectivity index (χ1v) is 9.48. The molecule has 3 nitrogen and oxygen atoms in total. The minimum absolute atomic E-state index is 0.194. The van der Waals surface area contributed by atoms with Crippen LogP contribution in [0.3, 0.4) is 0 Å². The zero-order valence-corrected chi connectivity index (χ0v) is 15.7. The summed E-state index contributed by atoms with van der Waals surface area (Å²) in [4.78, 5) is 4.61. The molecule has 126 valence electrons. The molecule has 0 fully saturated rings. The van der Waals surface area contributed by atoms with Crippen molar-refractivity contribution in [2.24, 2.45) is 0 Å². The van der Waals surface area contributed by atoms with Crippen LogP contribution in [0.1, 0.15) is 24.9 Å². The number of halogens is 2. The monoisotopic (exact) mass is 379 g/mol. The molecule has 0 bridgehead atoms. The maximum absolute atomic E-state index is 6.18. The van der Waals surface area contributed by atoms with Gasteiger partial charge in [-0.05, 0) is 49.7 Å². The third-order valence-electron chi connectivity index (χ3n) is 3.86. The number of fused-ring (bicyclic) bond motifs is 1. The molecule has 0 saturated carbocycles. The van der Waals surface area contributed by atoms with Gasteiger partial charge >= 0.3 is 0 Å². The van der Waals surface area contributed by atoms with E-state index in [0.717, 1.165) is 50.5 Å². The number of anilines is 1. The molecule has 2 aromatic heterocycles. The fourth-order valence-corrected chi connectivity index (χ4v) is 4.19. The van der Waals surface area contributed by atoms with Crippen LogP contribution in [0.25, 0.3) is 10.9 Å². The van der Waals surface area contributed by atoms with Crippen molar-refractivity contribution in [3.05, 3.63) is 56.7 Å². The van der Waals surface area contributed by atoms with E-state index in [0.29, 0.717) is 0 Å². The highest BCUT2D eigenvalue weighted by Gasteiger charge is 2.12. The number of hydrogen-bond acceptors (Lipinski definition) is 4. The number of thiophene rings is 1. The lowest BCUT2D eigenvalue weighted by Crippen LogP contribution is -2.21. The third-order valence-corrected chi connectivity index (χ3v) is 5.38. The van der Waals surface area contributed by atoms with Crippen LogP contribution in [0.15, 0.2) is 42.5 Å². The Morgan fingerprint density at radius 2 is 1.96 bits per heavy atom. The van der Waals surface area contributed by atoms with E-state index in [4.69, 9.17) is 23.2 Å². The molecular formula is C18H19Cl2N3S. The molecule has 0 aliphatic heterocycles. The molecule has 2 heterocycles. The summed E-state index contributed by atoms with van der Waals surface area (Å²) in [6.45, 7) is 3.86. The largest absolute Gasteiger partial charge is 0.370 e. The molecule has 3 rings (SSSR count). The Morgan fingerprint density at radius 1 is 1.12 bits per heavy atom. The van der Waals surface area contributed by atoms with Crippen molar-refractivity contribution in [1.29, 1.82) is 0 Å². The third kappa shape index (κ3) is 4.39. The average molecular weight is 380 g/mol. The Balaban J connectivity index is 1.44. The molecule has 0 aliphatic carbocycles. The van der Waals surface area contributed by atoms with Crippen molar-refractivity contribution in [1.82, 2.24) is 10.3 Å². The van der Waals surface area contributed by atoms with E-state index >= 15 is 0 Å². The average Bonchev–Trinajstić information content (AvgIpc) is 2.92. The number of pyridine rings is 1.